The molecule has 17 heavy (non-hydrogen) atoms. The van der Waals surface area contributed by atoms with Gasteiger partial charge in [0.1, 0.15) is 0 Å². The molecule has 0 heterocycles. The van der Waals surface area contributed by atoms with Crippen LogP contribution < -0.4 is 5.73 Å². The van der Waals surface area contributed by atoms with E-state index < -0.39 is 0 Å². The van der Waals surface area contributed by atoms with Gasteiger partial charge in [-0.25, -0.2) is 0 Å². The molecule has 1 fully saturated rings. The second-order valence-electron chi connectivity index (χ2n) is 6.55. The van der Waals surface area contributed by atoms with Gasteiger partial charge in [0.15, 0.2) is 0 Å². The molecule has 0 bridgehead atoms. The molecular weight excluding hydrogens is 208 g/mol. The molecule has 1 aliphatic rings. The summed E-state index contributed by atoms with van der Waals surface area (Å²) in [5.74, 6) is 1.50. The molecule has 0 aromatic rings. The maximum atomic E-state index is 6.02. The van der Waals surface area contributed by atoms with Crippen molar-refractivity contribution < 1.29 is 0 Å². The summed E-state index contributed by atoms with van der Waals surface area (Å²) in [7, 11) is 0. The lowest BCUT2D eigenvalue weighted by molar-refractivity contribution is 0.107. The Morgan fingerprint density at radius 2 is 1.65 bits per heavy atom. The van der Waals surface area contributed by atoms with Crippen molar-refractivity contribution in [2.75, 3.05) is 13.1 Å². The van der Waals surface area contributed by atoms with Crippen molar-refractivity contribution in [1.82, 2.24) is 4.90 Å². The lowest BCUT2D eigenvalue weighted by atomic mass is 9.99. The summed E-state index contributed by atoms with van der Waals surface area (Å²) in [4.78, 5) is 2.73. The summed E-state index contributed by atoms with van der Waals surface area (Å²) in [6.45, 7) is 11.3. The van der Waals surface area contributed by atoms with Crippen LogP contribution in [0, 0.1) is 11.8 Å². The maximum Gasteiger partial charge on any atom is 0.0223 e. The van der Waals surface area contributed by atoms with Crippen LogP contribution >= 0.6 is 0 Å². The van der Waals surface area contributed by atoms with Gasteiger partial charge in [-0.1, -0.05) is 40.5 Å². The van der Waals surface area contributed by atoms with Gasteiger partial charge in [-0.05, 0) is 31.1 Å². The second-order valence-corrected chi connectivity index (χ2v) is 6.55. The number of rotatable bonds is 7. The molecule has 0 saturated heterocycles. The van der Waals surface area contributed by atoms with Gasteiger partial charge in [0.2, 0.25) is 0 Å². The Bertz CT molecular complexity index is 195. The van der Waals surface area contributed by atoms with Crippen LogP contribution in [0.25, 0.3) is 0 Å². The zero-order valence-electron chi connectivity index (χ0n) is 12.3. The zero-order chi connectivity index (χ0) is 12.8. The van der Waals surface area contributed by atoms with E-state index in [4.69, 9.17) is 5.73 Å². The van der Waals surface area contributed by atoms with Gasteiger partial charge >= 0.3 is 0 Å². The monoisotopic (exact) mass is 240 g/mol. The van der Waals surface area contributed by atoms with Crippen LogP contribution in [-0.4, -0.2) is 30.1 Å². The fraction of sp³-hybridized carbons (Fsp3) is 1.00. The molecule has 0 spiro atoms. The van der Waals surface area contributed by atoms with Crippen LogP contribution in [0.4, 0.5) is 0 Å². The van der Waals surface area contributed by atoms with Gasteiger partial charge in [0, 0.05) is 25.2 Å². The molecule has 0 radical (unpaired) electrons. The molecule has 0 amide bonds. The maximum absolute atomic E-state index is 6.02. The van der Waals surface area contributed by atoms with E-state index >= 15 is 0 Å². The highest BCUT2D eigenvalue weighted by molar-refractivity contribution is 4.84. The van der Waals surface area contributed by atoms with Crippen LogP contribution in [0.15, 0.2) is 0 Å². The van der Waals surface area contributed by atoms with Crippen LogP contribution in [0.2, 0.25) is 0 Å². The van der Waals surface area contributed by atoms with E-state index in [-0.39, 0.29) is 0 Å². The van der Waals surface area contributed by atoms with E-state index in [9.17, 15) is 0 Å². The second kappa shape index (κ2) is 7.38. The highest BCUT2D eigenvalue weighted by Crippen LogP contribution is 2.27. The van der Waals surface area contributed by atoms with E-state index in [0.717, 1.165) is 24.4 Å². The van der Waals surface area contributed by atoms with Crippen LogP contribution in [0.1, 0.15) is 59.8 Å². The highest BCUT2D eigenvalue weighted by atomic mass is 15.2. The van der Waals surface area contributed by atoms with Gasteiger partial charge in [-0.15, -0.1) is 0 Å². The van der Waals surface area contributed by atoms with E-state index in [2.05, 4.69) is 32.6 Å². The molecule has 2 N–H and O–H groups in total. The Hall–Kier alpha value is -0.0800. The van der Waals surface area contributed by atoms with E-state index in [0.29, 0.717) is 6.04 Å². The predicted molar refractivity (Wildman–Crippen MR) is 76.1 cm³/mol. The molecule has 2 nitrogen and oxygen atoms in total. The Balaban J connectivity index is 2.64. The van der Waals surface area contributed by atoms with E-state index in [1.165, 1.54) is 38.6 Å². The molecule has 0 aliphatic heterocycles. The first-order valence-corrected chi connectivity index (χ1v) is 7.50. The van der Waals surface area contributed by atoms with Gasteiger partial charge < -0.3 is 5.73 Å². The van der Waals surface area contributed by atoms with Gasteiger partial charge in [0.05, 0.1) is 0 Å². The third-order valence-electron chi connectivity index (χ3n) is 3.85. The zero-order valence-corrected chi connectivity index (χ0v) is 12.3. The third kappa shape index (κ3) is 4.97. The predicted octanol–water partition coefficient (Wildman–Crippen LogP) is 3.26. The first-order chi connectivity index (χ1) is 8.04. The Kier molecular flexibility index (Phi) is 6.50. The summed E-state index contributed by atoms with van der Waals surface area (Å²) < 4.78 is 0. The number of hydrogen-bond acceptors (Lipinski definition) is 2. The summed E-state index contributed by atoms with van der Waals surface area (Å²) in [6, 6.07) is 1.41. The Morgan fingerprint density at radius 3 is 2.06 bits per heavy atom. The minimum absolute atomic E-state index is 0.598. The molecular formula is C15H32N2. The van der Waals surface area contributed by atoms with Crippen molar-refractivity contribution in [3.05, 3.63) is 0 Å². The van der Waals surface area contributed by atoms with Crippen molar-refractivity contribution in [3.8, 4) is 0 Å². The molecule has 102 valence electrons. The summed E-state index contributed by atoms with van der Waals surface area (Å²) in [5.41, 5.74) is 6.02. The molecule has 0 aromatic carbocycles. The lowest BCUT2D eigenvalue weighted by Gasteiger charge is -2.38. The highest BCUT2D eigenvalue weighted by Gasteiger charge is 2.28. The number of nitrogens with zero attached hydrogens (tertiary/aromatic N) is 1. The first-order valence-electron chi connectivity index (χ1n) is 7.50. The molecule has 1 rings (SSSR count). The van der Waals surface area contributed by atoms with Gasteiger partial charge in [-0.2, -0.15) is 0 Å². The SMILES string of the molecule is CC(C)CC(CN)N(CC(C)C)C1CCCC1. The summed E-state index contributed by atoms with van der Waals surface area (Å²) >= 11 is 0. The third-order valence-corrected chi connectivity index (χ3v) is 3.85. The smallest absolute Gasteiger partial charge is 0.0223 e. The minimum Gasteiger partial charge on any atom is -0.329 e. The van der Waals surface area contributed by atoms with Gasteiger partial charge in [0.25, 0.3) is 0 Å². The summed E-state index contributed by atoms with van der Waals surface area (Å²) in [5, 5.41) is 0. The number of nitrogens with two attached hydrogens (primary N) is 1. The normalized spacial score (nSPS) is 19.8. The van der Waals surface area contributed by atoms with Crippen LogP contribution in [0.3, 0.4) is 0 Å². The van der Waals surface area contributed by atoms with Crippen molar-refractivity contribution >= 4 is 0 Å². The average Bonchev–Trinajstić information content (AvgIpc) is 2.75. The summed E-state index contributed by atoms with van der Waals surface area (Å²) in [6.07, 6.45) is 6.86. The van der Waals surface area contributed by atoms with Crippen LogP contribution in [-0.2, 0) is 0 Å². The largest absolute Gasteiger partial charge is 0.329 e. The van der Waals surface area contributed by atoms with Crippen molar-refractivity contribution in [3.63, 3.8) is 0 Å². The Morgan fingerprint density at radius 1 is 1.06 bits per heavy atom. The van der Waals surface area contributed by atoms with Gasteiger partial charge in [-0.3, -0.25) is 4.90 Å². The average molecular weight is 240 g/mol. The van der Waals surface area contributed by atoms with Crippen molar-refractivity contribution in [1.29, 1.82) is 0 Å². The fourth-order valence-corrected chi connectivity index (χ4v) is 3.16. The Labute approximate surface area is 108 Å². The molecule has 2 heteroatoms. The molecule has 1 saturated carbocycles. The van der Waals surface area contributed by atoms with E-state index in [1.807, 2.05) is 0 Å². The molecule has 1 unspecified atom stereocenters. The molecule has 1 atom stereocenters. The standard InChI is InChI=1S/C15H32N2/c1-12(2)9-15(10-16)17(11-13(3)4)14-7-5-6-8-14/h12-15H,5-11,16H2,1-4H3. The quantitative estimate of drug-likeness (QED) is 0.740. The fourth-order valence-electron chi connectivity index (χ4n) is 3.16. The number of hydrogen-bond donors (Lipinski definition) is 1. The topological polar surface area (TPSA) is 29.3 Å². The van der Waals surface area contributed by atoms with Crippen LogP contribution in [0.5, 0.6) is 0 Å². The minimum atomic E-state index is 0.598. The molecule has 0 aromatic heterocycles. The first kappa shape index (κ1) is 15.0. The van der Waals surface area contributed by atoms with E-state index in [1.54, 1.807) is 0 Å². The van der Waals surface area contributed by atoms with Crippen molar-refractivity contribution in [2.45, 2.75) is 71.9 Å². The molecule has 1 aliphatic carbocycles. The van der Waals surface area contributed by atoms with Crippen molar-refractivity contribution in [2.24, 2.45) is 17.6 Å². The lowest BCUT2D eigenvalue weighted by Crippen LogP contribution is -2.48.